The van der Waals surface area contributed by atoms with E-state index in [0.29, 0.717) is 11.3 Å². The Kier molecular flexibility index (Phi) is 5.89. The van der Waals surface area contributed by atoms with Gasteiger partial charge in [0, 0.05) is 5.56 Å². The van der Waals surface area contributed by atoms with Crippen LogP contribution in [-0.2, 0) is 21.4 Å². The van der Waals surface area contributed by atoms with Gasteiger partial charge < -0.3 is 14.0 Å². The number of sulfonamides is 1. The van der Waals surface area contributed by atoms with E-state index in [2.05, 4.69) is 14.9 Å². The molecule has 1 N–H and O–H groups in total. The van der Waals surface area contributed by atoms with Crippen molar-refractivity contribution >= 4 is 16.0 Å². The fourth-order valence-electron chi connectivity index (χ4n) is 2.32. The Hall–Kier alpha value is -3.31. The predicted octanol–water partition coefficient (Wildman–Crippen LogP) is 2.15. The minimum atomic E-state index is -3.84. The van der Waals surface area contributed by atoms with Crippen molar-refractivity contribution in [2.75, 3.05) is 14.2 Å². The van der Waals surface area contributed by atoms with Gasteiger partial charge in [-0.2, -0.15) is 4.98 Å². The average molecular weight is 421 g/mol. The van der Waals surface area contributed by atoms with Crippen LogP contribution in [0.15, 0.2) is 51.9 Å². The van der Waals surface area contributed by atoms with Crippen molar-refractivity contribution in [1.82, 2.24) is 14.9 Å². The van der Waals surface area contributed by atoms with Gasteiger partial charge in [0.2, 0.25) is 15.8 Å². The summed E-state index contributed by atoms with van der Waals surface area (Å²) < 4.78 is 54.7. The minimum Gasteiger partial charge on any atom is -0.497 e. The van der Waals surface area contributed by atoms with Gasteiger partial charge >= 0.3 is 5.97 Å². The van der Waals surface area contributed by atoms with Gasteiger partial charge in [0.1, 0.15) is 11.6 Å². The van der Waals surface area contributed by atoms with Crippen LogP contribution < -0.4 is 9.46 Å². The molecule has 0 saturated heterocycles. The summed E-state index contributed by atoms with van der Waals surface area (Å²) in [6.07, 6.45) is 0. The number of carbonyl (C=O) groups is 1. The third-order valence-corrected chi connectivity index (χ3v) is 5.29. The van der Waals surface area contributed by atoms with Gasteiger partial charge in [-0.1, -0.05) is 5.16 Å². The summed E-state index contributed by atoms with van der Waals surface area (Å²) in [4.78, 5) is 16.0. The van der Waals surface area contributed by atoms with Crippen molar-refractivity contribution in [3.05, 3.63) is 59.7 Å². The van der Waals surface area contributed by atoms with Crippen LogP contribution in [0.3, 0.4) is 0 Å². The van der Waals surface area contributed by atoms with Crippen molar-refractivity contribution in [1.29, 1.82) is 0 Å². The molecule has 2 aromatic carbocycles. The molecule has 0 saturated carbocycles. The summed E-state index contributed by atoms with van der Waals surface area (Å²) in [7, 11) is -1.10. The lowest BCUT2D eigenvalue weighted by molar-refractivity contribution is 0.0424. The second kappa shape index (κ2) is 8.37. The SMILES string of the molecule is CNS(=O)(=O)c1ccc(F)c(C(=O)OCc2nc(-c3ccc(OC)cc3)no2)c1. The molecule has 0 bridgehead atoms. The number of esters is 1. The largest absolute Gasteiger partial charge is 0.497 e. The van der Waals surface area contributed by atoms with E-state index >= 15 is 0 Å². The summed E-state index contributed by atoms with van der Waals surface area (Å²) in [5.41, 5.74) is 0.124. The van der Waals surface area contributed by atoms with Crippen LogP contribution in [0.2, 0.25) is 0 Å². The highest BCUT2D eigenvalue weighted by atomic mass is 32.2. The molecule has 0 fully saturated rings. The van der Waals surface area contributed by atoms with E-state index in [1.54, 1.807) is 31.4 Å². The number of nitrogens with one attached hydrogen (secondary N) is 1. The van der Waals surface area contributed by atoms with E-state index < -0.39 is 34.0 Å². The first kappa shape index (κ1) is 20.4. The maximum absolute atomic E-state index is 13.9. The van der Waals surface area contributed by atoms with Crippen molar-refractivity contribution in [3.8, 4) is 17.1 Å². The number of benzene rings is 2. The van der Waals surface area contributed by atoms with Crippen LogP contribution in [-0.4, -0.2) is 38.7 Å². The van der Waals surface area contributed by atoms with Gasteiger partial charge in [-0.05, 0) is 49.5 Å². The summed E-state index contributed by atoms with van der Waals surface area (Å²) in [5.74, 6) is -1.07. The van der Waals surface area contributed by atoms with Gasteiger partial charge in [-0.3, -0.25) is 0 Å². The lowest BCUT2D eigenvalue weighted by atomic mass is 10.2. The second-order valence-corrected chi connectivity index (χ2v) is 7.55. The van der Waals surface area contributed by atoms with Gasteiger partial charge in [0.25, 0.3) is 5.89 Å². The summed E-state index contributed by atoms with van der Waals surface area (Å²) in [5, 5.41) is 3.79. The van der Waals surface area contributed by atoms with E-state index in [9.17, 15) is 17.6 Å². The molecule has 0 spiro atoms. The molecule has 11 heteroatoms. The fourth-order valence-corrected chi connectivity index (χ4v) is 3.08. The molecular weight excluding hydrogens is 405 g/mol. The molecule has 0 atom stereocenters. The van der Waals surface area contributed by atoms with Crippen LogP contribution in [0.4, 0.5) is 4.39 Å². The molecule has 152 valence electrons. The van der Waals surface area contributed by atoms with Crippen LogP contribution in [0.25, 0.3) is 11.4 Å². The third-order valence-electron chi connectivity index (χ3n) is 3.88. The summed E-state index contributed by atoms with van der Waals surface area (Å²) in [6, 6.07) is 9.69. The van der Waals surface area contributed by atoms with Crippen molar-refractivity contribution in [2.24, 2.45) is 0 Å². The molecule has 0 radical (unpaired) electrons. The maximum Gasteiger partial charge on any atom is 0.341 e. The Morgan fingerprint density at radius 2 is 1.93 bits per heavy atom. The topological polar surface area (TPSA) is 121 Å². The van der Waals surface area contributed by atoms with Crippen molar-refractivity contribution in [3.63, 3.8) is 0 Å². The number of ether oxygens (including phenoxy) is 2. The van der Waals surface area contributed by atoms with E-state index in [0.717, 1.165) is 18.2 Å². The molecular formula is C18H16FN3O6S. The Bertz CT molecular complexity index is 1130. The first-order valence-corrected chi connectivity index (χ1v) is 9.69. The van der Waals surface area contributed by atoms with E-state index in [4.69, 9.17) is 14.0 Å². The smallest absolute Gasteiger partial charge is 0.341 e. The van der Waals surface area contributed by atoms with E-state index in [1.807, 2.05) is 0 Å². The average Bonchev–Trinajstić information content (AvgIpc) is 3.21. The van der Waals surface area contributed by atoms with Gasteiger partial charge in [-0.15, -0.1) is 0 Å². The molecule has 0 aliphatic carbocycles. The maximum atomic E-state index is 13.9. The molecule has 29 heavy (non-hydrogen) atoms. The Balaban J connectivity index is 1.71. The lowest BCUT2D eigenvalue weighted by Crippen LogP contribution is -2.19. The van der Waals surface area contributed by atoms with Crippen LogP contribution in [0, 0.1) is 5.82 Å². The minimum absolute atomic E-state index is 0.0106. The second-order valence-electron chi connectivity index (χ2n) is 5.67. The first-order chi connectivity index (χ1) is 13.8. The highest BCUT2D eigenvalue weighted by Crippen LogP contribution is 2.20. The quantitative estimate of drug-likeness (QED) is 0.576. The third kappa shape index (κ3) is 4.58. The van der Waals surface area contributed by atoms with Crippen LogP contribution in [0.5, 0.6) is 5.75 Å². The summed E-state index contributed by atoms with van der Waals surface area (Å²) in [6.45, 7) is -0.412. The Morgan fingerprint density at radius 1 is 1.21 bits per heavy atom. The normalized spacial score (nSPS) is 11.3. The van der Waals surface area contributed by atoms with Crippen molar-refractivity contribution in [2.45, 2.75) is 11.5 Å². The number of halogens is 1. The number of aromatic nitrogens is 2. The van der Waals surface area contributed by atoms with E-state index in [1.165, 1.54) is 7.05 Å². The highest BCUT2D eigenvalue weighted by Gasteiger charge is 2.20. The molecule has 9 nitrogen and oxygen atoms in total. The zero-order chi connectivity index (χ0) is 21.0. The van der Waals surface area contributed by atoms with Crippen LogP contribution >= 0.6 is 0 Å². The number of hydrogen-bond donors (Lipinski definition) is 1. The predicted molar refractivity (Wildman–Crippen MR) is 98.1 cm³/mol. The number of nitrogens with zero attached hydrogens (tertiary/aromatic N) is 2. The molecule has 0 aliphatic heterocycles. The molecule has 3 rings (SSSR count). The lowest BCUT2D eigenvalue weighted by Gasteiger charge is -2.07. The highest BCUT2D eigenvalue weighted by molar-refractivity contribution is 7.89. The number of rotatable bonds is 7. The zero-order valence-electron chi connectivity index (χ0n) is 15.4. The molecule has 0 amide bonds. The molecule has 3 aromatic rings. The van der Waals surface area contributed by atoms with Gasteiger partial charge in [-0.25, -0.2) is 22.3 Å². The number of hydrogen-bond acceptors (Lipinski definition) is 8. The van der Waals surface area contributed by atoms with Crippen molar-refractivity contribution < 1.29 is 31.6 Å². The van der Waals surface area contributed by atoms with Crippen LogP contribution in [0.1, 0.15) is 16.2 Å². The Labute approximate surface area is 165 Å². The molecule has 0 unspecified atom stereocenters. The zero-order valence-corrected chi connectivity index (χ0v) is 16.2. The Morgan fingerprint density at radius 3 is 2.59 bits per heavy atom. The summed E-state index contributed by atoms with van der Waals surface area (Å²) >= 11 is 0. The van der Waals surface area contributed by atoms with E-state index in [-0.39, 0.29) is 16.6 Å². The first-order valence-electron chi connectivity index (χ1n) is 8.21. The molecule has 1 aromatic heterocycles. The van der Waals surface area contributed by atoms with Gasteiger partial charge in [0.05, 0.1) is 17.6 Å². The number of methoxy groups -OCH3 is 1. The molecule has 0 aliphatic rings. The standard InChI is InChI=1S/C18H16FN3O6S/c1-20-29(24,25)13-7-8-15(19)14(9-13)18(23)27-10-16-21-17(22-28-16)11-3-5-12(26-2)6-4-11/h3-9,20H,10H2,1-2H3. The number of carbonyl (C=O) groups excluding carboxylic acids is 1. The monoisotopic (exact) mass is 421 g/mol. The van der Waals surface area contributed by atoms with Gasteiger partial charge in [0.15, 0.2) is 6.61 Å². The molecule has 1 heterocycles. The fraction of sp³-hybridized carbons (Fsp3) is 0.167.